The third kappa shape index (κ3) is 12.0. The third-order valence-corrected chi connectivity index (χ3v) is 5.04. The Morgan fingerprint density at radius 1 is 1.23 bits per heavy atom. The van der Waals surface area contributed by atoms with Crippen LogP contribution in [0.15, 0.2) is 23.2 Å². The lowest BCUT2D eigenvalue weighted by Gasteiger charge is -2.21. The first-order valence-corrected chi connectivity index (χ1v) is 10.9. The smallest absolute Gasteiger partial charge is 0.253 e. The maximum atomic E-state index is 13.2. The number of nitrogens with one attached hydrogen (secondary N) is 1. The number of halogens is 1. The topological polar surface area (TPSA) is 120 Å². The molecule has 0 spiro atoms. The lowest BCUT2D eigenvalue weighted by atomic mass is 9.86. The van der Waals surface area contributed by atoms with E-state index in [1.54, 1.807) is 6.07 Å². The molecule has 1 aliphatic carbocycles. The van der Waals surface area contributed by atoms with Crippen molar-refractivity contribution in [1.82, 2.24) is 5.32 Å². The maximum Gasteiger partial charge on any atom is 0.253 e. The summed E-state index contributed by atoms with van der Waals surface area (Å²) in [5.74, 6) is 0.389. The molecule has 0 aliphatic heterocycles. The van der Waals surface area contributed by atoms with Gasteiger partial charge >= 0.3 is 0 Å². The van der Waals surface area contributed by atoms with Crippen LogP contribution in [0.2, 0.25) is 0 Å². The second kappa shape index (κ2) is 14.4. The monoisotopic (exact) mass is 436 g/mol. The Labute approximate surface area is 184 Å². The highest BCUT2D eigenvalue weighted by Crippen LogP contribution is 2.27. The van der Waals surface area contributed by atoms with E-state index in [1.807, 2.05) is 0 Å². The van der Waals surface area contributed by atoms with E-state index in [0.717, 1.165) is 25.3 Å². The van der Waals surface area contributed by atoms with Gasteiger partial charge in [-0.2, -0.15) is 4.99 Å². The van der Waals surface area contributed by atoms with Crippen LogP contribution in [0, 0.1) is 17.7 Å². The molecule has 2 amide bonds. The van der Waals surface area contributed by atoms with Crippen LogP contribution < -0.4 is 21.5 Å². The summed E-state index contributed by atoms with van der Waals surface area (Å²) >= 11 is 0. The largest absolute Gasteiger partial charge is 0.494 e. The number of rotatable bonds is 8. The van der Waals surface area contributed by atoms with Crippen molar-refractivity contribution < 1.29 is 18.7 Å². The minimum absolute atomic E-state index is 0.0567. The Bertz CT molecular complexity index is 728. The molecular weight excluding hydrogens is 399 g/mol. The second-order valence-electron chi connectivity index (χ2n) is 8.32. The fraction of sp³-hybridized carbons (Fsp3) is 0.609. The van der Waals surface area contributed by atoms with Crippen molar-refractivity contribution in [2.45, 2.75) is 65.2 Å². The van der Waals surface area contributed by atoms with Gasteiger partial charge in [-0.25, -0.2) is 4.39 Å². The van der Waals surface area contributed by atoms with Crippen molar-refractivity contribution in [3.63, 3.8) is 0 Å². The Kier molecular flexibility index (Phi) is 12.2. The summed E-state index contributed by atoms with van der Waals surface area (Å²) in [6.07, 6.45) is 8.61. The highest BCUT2D eigenvalue weighted by molar-refractivity contribution is 5.92. The zero-order valence-corrected chi connectivity index (χ0v) is 19.0. The van der Waals surface area contributed by atoms with Crippen LogP contribution in [0.25, 0.3) is 0 Å². The molecule has 0 atom stereocenters. The van der Waals surface area contributed by atoms with Gasteiger partial charge in [-0.1, -0.05) is 52.0 Å². The van der Waals surface area contributed by atoms with E-state index in [2.05, 4.69) is 24.2 Å². The number of aliphatic imine (C=N–C) groups is 1. The Morgan fingerprint density at radius 2 is 1.90 bits per heavy atom. The predicted octanol–water partition coefficient (Wildman–Crippen LogP) is 3.30. The quantitative estimate of drug-likeness (QED) is 0.427. The van der Waals surface area contributed by atoms with E-state index in [-0.39, 0.29) is 24.0 Å². The molecule has 1 aliphatic rings. The lowest BCUT2D eigenvalue weighted by molar-refractivity contribution is -0.121. The van der Waals surface area contributed by atoms with Crippen LogP contribution in [-0.2, 0) is 16.0 Å². The van der Waals surface area contributed by atoms with Gasteiger partial charge in [0.2, 0.25) is 5.91 Å². The zero-order valence-electron chi connectivity index (χ0n) is 19.0. The van der Waals surface area contributed by atoms with Gasteiger partial charge in [-0.15, -0.1) is 0 Å². The average Bonchev–Trinajstić information content (AvgIpc) is 2.71. The van der Waals surface area contributed by atoms with Crippen molar-refractivity contribution in [1.29, 1.82) is 0 Å². The summed E-state index contributed by atoms with van der Waals surface area (Å²) in [6.45, 7) is 5.08. The fourth-order valence-electron chi connectivity index (χ4n) is 3.40. The molecule has 1 fully saturated rings. The number of benzene rings is 1. The molecule has 1 aromatic carbocycles. The molecule has 0 heterocycles. The van der Waals surface area contributed by atoms with E-state index < -0.39 is 11.7 Å². The van der Waals surface area contributed by atoms with Crippen LogP contribution in [-0.4, -0.2) is 31.4 Å². The van der Waals surface area contributed by atoms with Crippen LogP contribution >= 0.6 is 0 Å². The number of guanidine groups is 1. The molecule has 1 aromatic rings. The maximum absolute atomic E-state index is 13.2. The van der Waals surface area contributed by atoms with Crippen molar-refractivity contribution in [2.75, 3.05) is 13.7 Å². The molecule has 2 rings (SSSR count). The molecule has 0 radical (unpaired) electrons. The number of amides is 2. The van der Waals surface area contributed by atoms with E-state index in [1.165, 1.54) is 51.3 Å². The number of methoxy groups -OCH3 is 1. The third-order valence-electron chi connectivity index (χ3n) is 5.04. The van der Waals surface area contributed by atoms with Gasteiger partial charge < -0.3 is 21.5 Å². The summed E-state index contributed by atoms with van der Waals surface area (Å²) in [5, 5.41) is 2.98. The Balaban J connectivity index is 0.000000311. The zero-order chi connectivity index (χ0) is 23.2. The standard InChI is InChI=1S/C13H25NO.C10H12FN3O2/c1-11(2)10-14-13(15)9-8-12-6-4-3-5-7-12;1-16-8-3-2-6(4-7(8)11)5-9(15)14-10(12)13/h11-12H,3-10H2,1-2H3,(H,14,15);2-4H,5H2,1H3,(H4,12,13,14,15). The molecule has 7 nitrogen and oxygen atoms in total. The molecule has 1 saturated carbocycles. The second-order valence-corrected chi connectivity index (χ2v) is 8.32. The number of nitrogens with two attached hydrogens (primary N) is 2. The van der Waals surface area contributed by atoms with E-state index in [4.69, 9.17) is 16.2 Å². The van der Waals surface area contributed by atoms with Crippen molar-refractivity contribution >= 4 is 17.8 Å². The van der Waals surface area contributed by atoms with Crippen molar-refractivity contribution in [3.8, 4) is 5.75 Å². The number of nitrogens with zero attached hydrogens (tertiary/aromatic N) is 1. The van der Waals surface area contributed by atoms with Gasteiger partial charge in [0.25, 0.3) is 5.91 Å². The van der Waals surface area contributed by atoms with Gasteiger partial charge in [-0.3, -0.25) is 9.59 Å². The molecule has 0 unspecified atom stereocenters. The number of carbonyl (C=O) groups excluding carboxylic acids is 2. The van der Waals surface area contributed by atoms with Gasteiger partial charge in [0.1, 0.15) is 0 Å². The molecular formula is C23H37FN4O3. The molecule has 8 heteroatoms. The SMILES string of the molecule is CC(C)CNC(=O)CCC1CCCCC1.COc1ccc(CC(=O)N=C(N)N)cc1F. The summed E-state index contributed by atoms with van der Waals surface area (Å²) in [7, 11) is 1.36. The summed E-state index contributed by atoms with van der Waals surface area (Å²) < 4.78 is 18.0. The Morgan fingerprint density at radius 3 is 2.45 bits per heavy atom. The number of carbonyl (C=O) groups is 2. The highest BCUT2D eigenvalue weighted by Gasteiger charge is 2.14. The van der Waals surface area contributed by atoms with Crippen molar-refractivity contribution in [3.05, 3.63) is 29.6 Å². The van der Waals surface area contributed by atoms with Crippen LogP contribution in [0.4, 0.5) is 4.39 Å². The summed E-state index contributed by atoms with van der Waals surface area (Å²) in [6, 6.07) is 4.22. The summed E-state index contributed by atoms with van der Waals surface area (Å²) in [5.41, 5.74) is 10.6. The van der Waals surface area contributed by atoms with Gasteiger partial charge in [0, 0.05) is 13.0 Å². The van der Waals surface area contributed by atoms with Gasteiger partial charge in [-0.05, 0) is 36.0 Å². The average molecular weight is 437 g/mol. The minimum atomic E-state index is -0.530. The highest BCUT2D eigenvalue weighted by atomic mass is 19.1. The van der Waals surface area contributed by atoms with Gasteiger partial charge in [0.05, 0.1) is 13.5 Å². The molecule has 31 heavy (non-hydrogen) atoms. The van der Waals surface area contributed by atoms with E-state index in [0.29, 0.717) is 11.5 Å². The van der Waals surface area contributed by atoms with E-state index >= 15 is 0 Å². The van der Waals surface area contributed by atoms with Crippen molar-refractivity contribution in [2.24, 2.45) is 28.3 Å². The molecule has 5 N–H and O–H groups in total. The molecule has 0 saturated heterocycles. The Hall–Kier alpha value is -2.64. The number of ether oxygens (including phenoxy) is 1. The number of hydrogen-bond acceptors (Lipinski definition) is 3. The molecule has 0 aromatic heterocycles. The van der Waals surface area contributed by atoms with Crippen LogP contribution in [0.1, 0.15) is 64.4 Å². The molecule has 0 bridgehead atoms. The first-order chi connectivity index (χ1) is 14.7. The lowest BCUT2D eigenvalue weighted by Crippen LogP contribution is -2.27. The molecule has 174 valence electrons. The van der Waals surface area contributed by atoms with Crippen LogP contribution in [0.3, 0.4) is 0 Å². The number of hydrogen-bond donors (Lipinski definition) is 3. The van der Waals surface area contributed by atoms with E-state index in [9.17, 15) is 14.0 Å². The van der Waals surface area contributed by atoms with Crippen LogP contribution in [0.5, 0.6) is 5.75 Å². The first-order valence-electron chi connectivity index (χ1n) is 10.9. The first kappa shape index (κ1) is 26.4. The predicted molar refractivity (Wildman–Crippen MR) is 121 cm³/mol. The summed E-state index contributed by atoms with van der Waals surface area (Å²) in [4.78, 5) is 26.0. The normalized spacial score (nSPS) is 13.7. The minimum Gasteiger partial charge on any atom is -0.494 e. The fourth-order valence-corrected chi connectivity index (χ4v) is 3.40. The van der Waals surface area contributed by atoms with Gasteiger partial charge in [0.15, 0.2) is 17.5 Å².